The highest BCUT2D eigenvalue weighted by Crippen LogP contribution is 2.21. The van der Waals surface area contributed by atoms with Crippen LogP contribution in [0.4, 0.5) is 0 Å². The lowest BCUT2D eigenvalue weighted by Crippen LogP contribution is -2.15. The second-order valence-corrected chi connectivity index (χ2v) is 5.05. The van der Waals surface area contributed by atoms with Gasteiger partial charge in [0, 0.05) is 13.0 Å². The van der Waals surface area contributed by atoms with E-state index in [9.17, 15) is 4.79 Å². The molecule has 0 aliphatic rings. The average molecular weight is 277 g/mol. The SMILES string of the molecule is CCCCNCc1ccc(OC(=O)CCC)c(CC)c1. The molecule has 0 aliphatic heterocycles. The van der Waals surface area contributed by atoms with Gasteiger partial charge < -0.3 is 10.1 Å². The summed E-state index contributed by atoms with van der Waals surface area (Å²) in [7, 11) is 0. The molecule has 0 heterocycles. The van der Waals surface area contributed by atoms with Gasteiger partial charge in [-0.15, -0.1) is 0 Å². The summed E-state index contributed by atoms with van der Waals surface area (Å²) in [6, 6.07) is 6.09. The molecule has 0 radical (unpaired) electrons. The van der Waals surface area contributed by atoms with Crippen molar-refractivity contribution in [2.45, 2.75) is 59.4 Å². The Morgan fingerprint density at radius 3 is 2.65 bits per heavy atom. The van der Waals surface area contributed by atoms with Crippen LogP contribution in [0.25, 0.3) is 0 Å². The molecule has 0 saturated carbocycles. The van der Waals surface area contributed by atoms with Crippen LogP contribution in [0.1, 0.15) is 57.6 Å². The van der Waals surface area contributed by atoms with E-state index in [-0.39, 0.29) is 5.97 Å². The Hall–Kier alpha value is -1.35. The minimum atomic E-state index is -0.143. The lowest BCUT2D eigenvalue weighted by Gasteiger charge is -2.11. The normalized spacial score (nSPS) is 10.6. The molecule has 0 unspecified atom stereocenters. The van der Waals surface area contributed by atoms with Crippen LogP contribution < -0.4 is 10.1 Å². The van der Waals surface area contributed by atoms with Gasteiger partial charge in [-0.3, -0.25) is 4.79 Å². The summed E-state index contributed by atoms with van der Waals surface area (Å²) in [5, 5.41) is 3.43. The van der Waals surface area contributed by atoms with Gasteiger partial charge in [-0.1, -0.05) is 39.3 Å². The molecular weight excluding hydrogens is 250 g/mol. The van der Waals surface area contributed by atoms with Crippen molar-refractivity contribution in [3.05, 3.63) is 29.3 Å². The van der Waals surface area contributed by atoms with Crippen LogP contribution in [0.2, 0.25) is 0 Å². The fraction of sp³-hybridized carbons (Fsp3) is 0.588. The molecule has 0 bridgehead atoms. The number of aryl methyl sites for hydroxylation is 1. The molecular formula is C17H27NO2. The maximum atomic E-state index is 11.6. The predicted molar refractivity (Wildman–Crippen MR) is 83.0 cm³/mol. The van der Waals surface area contributed by atoms with E-state index in [0.29, 0.717) is 12.2 Å². The van der Waals surface area contributed by atoms with Crippen molar-refractivity contribution < 1.29 is 9.53 Å². The van der Waals surface area contributed by atoms with Gasteiger partial charge in [0.05, 0.1) is 0 Å². The zero-order valence-corrected chi connectivity index (χ0v) is 13.0. The van der Waals surface area contributed by atoms with Crippen LogP contribution in [-0.4, -0.2) is 12.5 Å². The third-order valence-electron chi connectivity index (χ3n) is 3.22. The molecule has 0 aliphatic carbocycles. The van der Waals surface area contributed by atoms with Gasteiger partial charge in [0.15, 0.2) is 0 Å². The van der Waals surface area contributed by atoms with Gasteiger partial charge >= 0.3 is 5.97 Å². The largest absolute Gasteiger partial charge is 0.426 e. The number of esters is 1. The Labute approximate surface area is 122 Å². The summed E-state index contributed by atoms with van der Waals surface area (Å²) in [6.07, 6.45) is 4.58. The van der Waals surface area contributed by atoms with Gasteiger partial charge in [-0.05, 0) is 43.0 Å². The average Bonchev–Trinajstić information content (AvgIpc) is 2.45. The zero-order valence-electron chi connectivity index (χ0n) is 13.0. The van der Waals surface area contributed by atoms with E-state index >= 15 is 0 Å². The molecule has 112 valence electrons. The van der Waals surface area contributed by atoms with Crippen molar-refractivity contribution in [2.24, 2.45) is 0 Å². The number of hydrogen-bond donors (Lipinski definition) is 1. The zero-order chi connectivity index (χ0) is 14.8. The third kappa shape index (κ3) is 5.74. The highest BCUT2D eigenvalue weighted by atomic mass is 16.5. The van der Waals surface area contributed by atoms with E-state index in [1.54, 1.807) is 0 Å². The lowest BCUT2D eigenvalue weighted by atomic mass is 10.1. The van der Waals surface area contributed by atoms with Crippen LogP contribution in [0.3, 0.4) is 0 Å². The molecule has 1 rings (SSSR count). The van der Waals surface area contributed by atoms with E-state index in [0.717, 1.165) is 31.5 Å². The predicted octanol–water partition coefficient (Wildman–Crippen LogP) is 3.84. The Morgan fingerprint density at radius 2 is 2.00 bits per heavy atom. The summed E-state index contributed by atoms with van der Waals surface area (Å²) >= 11 is 0. The van der Waals surface area contributed by atoms with Crippen LogP contribution in [0.15, 0.2) is 18.2 Å². The monoisotopic (exact) mass is 277 g/mol. The Morgan fingerprint density at radius 1 is 1.20 bits per heavy atom. The maximum Gasteiger partial charge on any atom is 0.311 e. The number of benzene rings is 1. The van der Waals surface area contributed by atoms with Crippen LogP contribution in [0.5, 0.6) is 5.75 Å². The molecule has 0 saturated heterocycles. The van der Waals surface area contributed by atoms with Gasteiger partial charge in [0.2, 0.25) is 0 Å². The molecule has 1 N–H and O–H groups in total. The highest BCUT2D eigenvalue weighted by molar-refractivity contribution is 5.72. The summed E-state index contributed by atoms with van der Waals surface area (Å²) in [5.41, 5.74) is 2.34. The number of nitrogens with one attached hydrogen (secondary N) is 1. The van der Waals surface area contributed by atoms with Crippen molar-refractivity contribution in [1.82, 2.24) is 5.32 Å². The first-order valence-electron chi connectivity index (χ1n) is 7.74. The van der Waals surface area contributed by atoms with Crippen molar-refractivity contribution in [3.8, 4) is 5.75 Å². The van der Waals surface area contributed by atoms with Crippen molar-refractivity contribution in [3.63, 3.8) is 0 Å². The van der Waals surface area contributed by atoms with E-state index in [1.165, 1.54) is 18.4 Å². The number of hydrogen-bond acceptors (Lipinski definition) is 3. The van der Waals surface area contributed by atoms with E-state index in [2.05, 4.69) is 25.2 Å². The fourth-order valence-electron chi connectivity index (χ4n) is 2.03. The molecule has 3 heteroatoms. The highest BCUT2D eigenvalue weighted by Gasteiger charge is 2.08. The summed E-state index contributed by atoms with van der Waals surface area (Å²) in [5.74, 6) is 0.569. The van der Waals surface area contributed by atoms with Gasteiger partial charge in [-0.2, -0.15) is 0 Å². The molecule has 1 aromatic carbocycles. The van der Waals surface area contributed by atoms with E-state index in [4.69, 9.17) is 4.74 Å². The first kappa shape index (κ1) is 16.7. The van der Waals surface area contributed by atoms with Crippen LogP contribution >= 0.6 is 0 Å². The number of carbonyl (C=O) groups excluding carboxylic acids is 1. The summed E-state index contributed by atoms with van der Waals surface area (Å²) in [4.78, 5) is 11.6. The van der Waals surface area contributed by atoms with Gasteiger partial charge in [0.1, 0.15) is 5.75 Å². The smallest absolute Gasteiger partial charge is 0.311 e. The molecule has 0 fully saturated rings. The van der Waals surface area contributed by atoms with Crippen LogP contribution in [-0.2, 0) is 17.8 Å². The Kier molecular flexibility index (Phi) is 7.97. The van der Waals surface area contributed by atoms with E-state index < -0.39 is 0 Å². The quantitative estimate of drug-likeness (QED) is 0.423. The van der Waals surface area contributed by atoms with Crippen molar-refractivity contribution in [1.29, 1.82) is 0 Å². The Bertz CT molecular complexity index is 415. The number of carbonyl (C=O) groups is 1. The van der Waals surface area contributed by atoms with Gasteiger partial charge in [-0.25, -0.2) is 0 Å². The molecule has 0 spiro atoms. The summed E-state index contributed by atoms with van der Waals surface area (Å²) < 4.78 is 5.42. The fourth-order valence-corrected chi connectivity index (χ4v) is 2.03. The van der Waals surface area contributed by atoms with Crippen molar-refractivity contribution in [2.75, 3.05) is 6.54 Å². The van der Waals surface area contributed by atoms with Crippen LogP contribution in [0, 0.1) is 0 Å². The van der Waals surface area contributed by atoms with E-state index in [1.807, 2.05) is 19.1 Å². The minimum absolute atomic E-state index is 0.143. The minimum Gasteiger partial charge on any atom is -0.426 e. The number of unbranched alkanes of at least 4 members (excludes halogenated alkanes) is 1. The lowest BCUT2D eigenvalue weighted by molar-refractivity contribution is -0.134. The second kappa shape index (κ2) is 9.54. The first-order valence-corrected chi connectivity index (χ1v) is 7.74. The molecule has 0 atom stereocenters. The van der Waals surface area contributed by atoms with Gasteiger partial charge in [0.25, 0.3) is 0 Å². The van der Waals surface area contributed by atoms with Crippen molar-refractivity contribution >= 4 is 5.97 Å². The summed E-state index contributed by atoms with van der Waals surface area (Å²) in [6.45, 7) is 8.17. The molecule has 0 amide bonds. The maximum absolute atomic E-state index is 11.6. The topological polar surface area (TPSA) is 38.3 Å². The standard InChI is InChI=1S/C17H27NO2/c1-4-7-11-18-13-14-9-10-16(15(6-3)12-14)20-17(19)8-5-2/h9-10,12,18H,4-8,11,13H2,1-3H3. The third-order valence-corrected chi connectivity index (χ3v) is 3.22. The molecule has 0 aromatic heterocycles. The molecule has 20 heavy (non-hydrogen) atoms. The molecule has 3 nitrogen and oxygen atoms in total. The second-order valence-electron chi connectivity index (χ2n) is 5.05. The molecule has 1 aromatic rings. The Balaban J connectivity index is 2.62. The number of rotatable bonds is 9. The first-order chi connectivity index (χ1) is 9.71. The number of ether oxygens (including phenoxy) is 1.